The highest BCUT2D eigenvalue weighted by molar-refractivity contribution is 9.10. The van der Waals surface area contributed by atoms with Gasteiger partial charge in [-0.05, 0) is 55.2 Å². The van der Waals surface area contributed by atoms with Gasteiger partial charge in [0.1, 0.15) is 0 Å². The molecular weight excluding hydrogens is 336 g/mol. The molecule has 1 aromatic carbocycles. The minimum atomic E-state index is 1.12. The number of piperidine rings is 1. The Balaban J connectivity index is 1.86. The average molecular weight is 355 g/mol. The molecule has 3 heterocycles. The van der Waals surface area contributed by atoms with Gasteiger partial charge in [0.15, 0.2) is 0 Å². The summed E-state index contributed by atoms with van der Waals surface area (Å²) in [6.07, 6.45) is 6.14. The summed E-state index contributed by atoms with van der Waals surface area (Å²) in [5.74, 6) is 0. The molecule has 0 atom stereocenters. The molecule has 3 heteroatoms. The number of benzene rings is 1. The Hall–Kier alpha value is -1.74. The summed E-state index contributed by atoms with van der Waals surface area (Å²) in [6, 6.07) is 17.4. The van der Waals surface area contributed by atoms with Crippen LogP contribution in [0.3, 0.4) is 0 Å². The molecule has 0 amide bonds. The second-order valence-corrected chi connectivity index (χ2v) is 6.84. The van der Waals surface area contributed by atoms with Gasteiger partial charge in [-0.15, -0.1) is 0 Å². The first kappa shape index (κ1) is 13.9. The van der Waals surface area contributed by atoms with Crippen molar-refractivity contribution >= 4 is 27.1 Å². The molecule has 1 aliphatic heterocycles. The lowest BCUT2D eigenvalue weighted by atomic mass is 10.1. The van der Waals surface area contributed by atoms with E-state index in [-0.39, 0.29) is 0 Å². The number of hydrogen-bond donors (Lipinski definition) is 0. The number of halogens is 1. The predicted octanol–water partition coefficient (Wildman–Crippen LogP) is 5.36. The van der Waals surface area contributed by atoms with Crippen molar-refractivity contribution in [2.45, 2.75) is 19.3 Å². The van der Waals surface area contributed by atoms with Crippen LogP contribution in [0.5, 0.6) is 0 Å². The van der Waals surface area contributed by atoms with E-state index >= 15 is 0 Å². The topological polar surface area (TPSA) is 7.65 Å². The number of anilines is 1. The van der Waals surface area contributed by atoms with Gasteiger partial charge in [-0.1, -0.05) is 34.1 Å². The van der Waals surface area contributed by atoms with Crippen LogP contribution in [0.15, 0.2) is 59.2 Å². The zero-order valence-electron chi connectivity index (χ0n) is 12.5. The van der Waals surface area contributed by atoms with E-state index in [2.05, 4.69) is 80.0 Å². The first-order chi connectivity index (χ1) is 10.8. The van der Waals surface area contributed by atoms with Crippen molar-refractivity contribution < 1.29 is 0 Å². The van der Waals surface area contributed by atoms with Crippen LogP contribution in [0.4, 0.5) is 5.69 Å². The normalized spacial score (nSPS) is 15.4. The molecule has 112 valence electrons. The Morgan fingerprint density at radius 1 is 0.864 bits per heavy atom. The number of rotatable bonds is 2. The summed E-state index contributed by atoms with van der Waals surface area (Å²) in [7, 11) is 0. The van der Waals surface area contributed by atoms with E-state index in [1.807, 2.05) is 0 Å². The third kappa shape index (κ3) is 2.44. The van der Waals surface area contributed by atoms with Crippen LogP contribution < -0.4 is 4.90 Å². The van der Waals surface area contributed by atoms with Crippen LogP contribution >= 0.6 is 15.9 Å². The van der Waals surface area contributed by atoms with Crippen LogP contribution in [0.1, 0.15) is 19.3 Å². The Morgan fingerprint density at radius 2 is 1.64 bits per heavy atom. The highest BCUT2D eigenvalue weighted by Crippen LogP contribution is 2.33. The minimum absolute atomic E-state index is 1.12. The Labute approximate surface area is 139 Å². The summed E-state index contributed by atoms with van der Waals surface area (Å²) in [4.78, 5) is 2.54. The number of hydrogen-bond acceptors (Lipinski definition) is 1. The van der Waals surface area contributed by atoms with Gasteiger partial charge in [-0.2, -0.15) is 0 Å². The van der Waals surface area contributed by atoms with Gasteiger partial charge in [0, 0.05) is 23.8 Å². The highest BCUT2D eigenvalue weighted by Gasteiger charge is 2.17. The Bertz CT molecular complexity index is 783. The lowest BCUT2D eigenvalue weighted by Crippen LogP contribution is -2.29. The fourth-order valence-corrected chi connectivity index (χ4v) is 3.63. The molecule has 3 aromatic rings. The van der Waals surface area contributed by atoms with Gasteiger partial charge >= 0.3 is 0 Å². The largest absolute Gasteiger partial charge is 0.370 e. The van der Waals surface area contributed by atoms with E-state index in [1.54, 1.807) is 0 Å². The van der Waals surface area contributed by atoms with Gasteiger partial charge in [0.25, 0.3) is 0 Å². The maximum atomic E-state index is 3.52. The molecule has 2 nitrogen and oxygen atoms in total. The summed E-state index contributed by atoms with van der Waals surface area (Å²) < 4.78 is 3.43. The quantitative estimate of drug-likeness (QED) is 0.601. The smallest absolute Gasteiger partial charge is 0.0690 e. The first-order valence-corrected chi connectivity index (χ1v) is 8.73. The molecule has 4 rings (SSSR count). The van der Waals surface area contributed by atoms with E-state index in [1.165, 1.54) is 54.8 Å². The predicted molar refractivity (Wildman–Crippen MR) is 96.6 cm³/mol. The molecule has 0 unspecified atom stereocenters. The summed E-state index contributed by atoms with van der Waals surface area (Å²) in [5, 5.41) is 0. The first-order valence-electron chi connectivity index (χ1n) is 7.94. The molecule has 22 heavy (non-hydrogen) atoms. The van der Waals surface area contributed by atoms with Crippen LogP contribution in [-0.4, -0.2) is 17.5 Å². The van der Waals surface area contributed by atoms with E-state index in [9.17, 15) is 0 Å². The fraction of sp³-hybridized carbons (Fsp3) is 0.263. The van der Waals surface area contributed by atoms with Crippen molar-refractivity contribution in [3.05, 3.63) is 59.2 Å². The highest BCUT2D eigenvalue weighted by atomic mass is 79.9. The number of aromatic nitrogens is 1. The minimum Gasteiger partial charge on any atom is -0.370 e. The van der Waals surface area contributed by atoms with E-state index in [4.69, 9.17) is 0 Å². The second kappa shape index (κ2) is 5.81. The van der Waals surface area contributed by atoms with Crippen molar-refractivity contribution in [1.29, 1.82) is 0 Å². The second-order valence-electron chi connectivity index (χ2n) is 5.93. The van der Waals surface area contributed by atoms with Gasteiger partial charge in [0.2, 0.25) is 0 Å². The zero-order valence-corrected chi connectivity index (χ0v) is 14.1. The maximum absolute atomic E-state index is 3.52. The summed E-state index contributed by atoms with van der Waals surface area (Å²) in [6.45, 7) is 2.35. The van der Waals surface area contributed by atoms with Crippen LogP contribution in [-0.2, 0) is 0 Å². The van der Waals surface area contributed by atoms with Crippen molar-refractivity contribution in [3.8, 4) is 11.3 Å². The molecule has 2 aromatic heterocycles. The van der Waals surface area contributed by atoms with Gasteiger partial charge in [-0.3, -0.25) is 0 Å². The average Bonchev–Trinajstić information content (AvgIpc) is 2.96. The van der Waals surface area contributed by atoms with Crippen LogP contribution in [0.2, 0.25) is 0 Å². The summed E-state index contributed by atoms with van der Waals surface area (Å²) >= 11 is 3.52. The monoisotopic (exact) mass is 354 g/mol. The van der Waals surface area contributed by atoms with E-state index < -0.39 is 0 Å². The summed E-state index contributed by atoms with van der Waals surface area (Å²) in [5.41, 5.74) is 5.21. The molecule has 0 radical (unpaired) electrons. The SMILES string of the molecule is Brc1ccc(-c2cc(N3CCCCC3)c3ccccn23)cc1. The van der Waals surface area contributed by atoms with Crippen molar-refractivity contribution in [3.63, 3.8) is 0 Å². The fourth-order valence-electron chi connectivity index (χ4n) is 3.37. The Morgan fingerprint density at radius 3 is 2.41 bits per heavy atom. The van der Waals surface area contributed by atoms with Gasteiger partial charge in [0.05, 0.1) is 16.9 Å². The molecule has 1 aliphatic rings. The third-order valence-electron chi connectivity index (χ3n) is 4.49. The molecule has 0 spiro atoms. The maximum Gasteiger partial charge on any atom is 0.0690 e. The van der Waals surface area contributed by atoms with E-state index in [0.29, 0.717) is 0 Å². The lowest BCUT2D eigenvalue weighted by Gasteiger charge is -2.28. The zero-order chi connectivity index (χ0) is 14.9. The number of fused-ring (bicyclic) bond motifs is 1. The van der Waals surface area contributed by atoms with E-state index in [0.717, 1.165) is 4.47 Å². The number of nitrogens with zero attached hydrogens (tertiary/aromatic N) is 2. The van der Waals surface area contributed by atoms with Crippen molar-refractivity contribution in [2.75, 3.05) is 18.0 Å². The van der Waals surface area contributed by atoms with Crippen LogP contribution in [0.25, 0.3) is 16.8 Å². The Kier molecular flexibility index (Phi) is 3.67. The molecule has 0 bridgehead atoms. The molecule has 0 aliphatic carbocycles. The molecule has 1 saturated heterocycles. The number of pyridine rings is 1. The van der Waals surface area contributed by atoms with Crippen molar-refractivity contribution in [1.82, 2.24) is 4.40 Å². The van der Waals surface area contributed by atoms with Crippen molar-refractivity contribution in [2.24, 2.45) is 0 Å². The van der Waals surface area contributed by atoms with Gasteiger partial charge in [-0.25, -0.2) is 0 Å². The lowest BCUT2D eigenvalue weighted by molar-refractivity contribution is 0.579. The van der Waals surface area contributed by atoms with Crippen LogP contribution in [0, 0.1) is 0 Å². The van der Waals surface area contributed by atoms with Gasteiger partial charge < -0.3 is 9.30 Å². The molecule has 0 N–H and O–H groups in total. The molecule has 0 saturated carbocycles. The molecule has 1 fully saturated rings. The molecular formula is C19H19BrN2. The standard InChI is InChI=1S/C19H19BrN2/c20-16-9-7-15(8-10-16)18-14-19(21-11-3-1-4-12-21)17-6-2-5-13-22(17)18/h2,5-10,13-14H,1,3-4,11-12H2. The third-order valence-corrected chi connectivity index (χ3v) is 5.02.